The Bertz CT molecular complexity index is 1100. The van der Waals surface area contributed by atoms with E-state index in [1.165, 1.54) is 12.8 Å². The molecule has 162 valence electrons. The lowest BCUT2D eigenvalue weighted by molar-refractivity contribution is -0.134. The largest absolute Gasteiger partial charge is 0.351 e. The summed E-state index contributed by atoms with van der Waals surface area (Å²) < 4.78 is 3.10. The van der Waals surface area contributed by atoms with E-state index in [0.717, 1.165) is 41.6 Å². The van der Waals surface area contributed by atoms with Crippen LogP contribution < -0.4 is 5.32 Å². The Morgan fingerprint density at radius 3 is 2.77 bits per heavy atom. The maximum absolute atomic E-state index is 13.7. The van der Waals surface area contributed by atoms with Crippen LogP contribution in [0.25, 0.3) is 10.2 Å². The maximum Gasteiger partial charge on any atom is 0.271 e. The van der Waals surface area contributed by atoms with Crippen molar-refractivity contribution in [2.75, 3.05) is 0 Å². The van der Waals surface area contributed by atoms with Crippen molar-refractivity contribution in [3.05, 3.63) is 53.3 Å². The highest BCUT2D eigenvalue weighted by atomic mass is 32.1. The Labute approximate surface area is 186 Å². The molecule has 1 atom stereocenters. The Morgan fingerprint density at radius 1 is 1.23 bits per heavy atom. The number of hydrogen-bond acceptors (Lipinski definition) is 4. The second-order valence-corrected chi connectivity index (χ2v) is 9.88. The molecule has 1 aliphatic heterocycles. The number of amides is 2. The van der Waals surface area contributed by atoms with Crippen molar-refractivity contribution in [1.29, 1.82) is 0 Å². The summed E-state index contributed by atoms with van der Waals surface area (Å²) in [5, 5.41) is 5.34. The molecule has 2 amide bonds. The molecule has 6 nitrogen and oxygen atoms in total. The first-order valence-electron chi connectivity index (χ1n) is 11.2. The van der Waals surface area contributed by atoms with E-state index in [4.69, 9.17) is 0 Å². The van der Waals surface area contributed by atoms with E-state index >= 15 is 0 Å². The molecule has 1 saturated carbocycles. The minimum absolute atomic E-state index is 0.0635. The molecule has 5 rings (SSSR count). The van der Waals surface area contributed by atoms with E-state index < -0.39 is 5.54 Å². The number of carbonyl (C=O) groups is 2. The molecule has 2 aliphatic rings. The van der Waals surface area contributed by atoms with Gasteiger partial charge in [-0.3, -0.25) is 14.6 Å². The molecule has 4 heterocycles. The van der Waals surface area contributed by atoms with Gasteiger partial charge in [-0.1, -0.05) is 31.7 Å². The normalized spacial score (nSPS) is 22.4. The third kappa shape index (κ3) is 3.65. The topological polar surface area (TPSA) is 67.2 Å². The molecule has 1 fully saturated rings. The van der Waals surface area contributed by atoms with Gasteiger partial charge in [0.2, 0.25) is 5.91 Å². The van der Waals surface area contributed by atoms with Crippen LogP contribution in [-0.2, 0) is 17.9 Å². The number of carbonyl (C=O) groups excluding carboxylic acids is 2. The van der Waals surface area contributed by atoms with Gasteiger partial charge in [-0.25, -0.2) is 0 Å². The fourth-order valence-corrected chi connectivity index (χ4v) is 5.76. The second kappa shape index (κ2) is 8.11. The first-order valence-corrected chi connectivity index (χ1v) is 12.0. The van der Waals surface area contributed by atoms with Gasteiger partial charge in [0.15, 0.2) is 0 Å². The fourth-order valence-electron chi connectivity index (χ4n) is 4.94. The number of thiophene rings is 1. The highest BCUT2D eigenvalue weighted by Gasteiger charge is 2.48. The Balaban J connectivity index is 1.51. The summed E-state index contributed by atoms with van der Waals surface area (Å²) >= 11 is 1.62. The zero-order chi connectivity index (χ0) is 21.4. The molecule has 7 heteroatoms. The average molecular weight is 437 g/mol. The summed E-state index contributed by atoms with van der Waals surface area (Å²) in [7, 11) is 0. The van der Waals surface area contributed by atoms with Crippen LogP contribution in [0.4, 0.5) is 0 Å². The molecular weight excluding hydrogens is 408 g/mol. The minimum Gasteiger partial charge on any atom is -0.351 e. The van der Waals surface area contributed by atoms with Crippen molar-refractivity contribution in [2.24, 2.45) is 0 Å². The summed E-state index contributed by atoms with van der Waals surface area (Å²) in [6.45, 7) is 2.66. The highest BCUT2D eigenvalue weighted by molar-refractivity contribution is 7.17. The highest BCUT2D eigenvalue weighted by Crippen LogP contribution is 2.35. The zero-order valence-electron chi connectivity index (χ0n) is 17.8. The van der Waals surface area contributed by atoms with E-state index in [1.54, 1.807) is 22.4 Å². The number of hydrogen-bond donors (Lipinski definition) is 1. The van der Waals surface area contributed by atoms with Gasteiger partial charge in [-0.15, -0.1) is 11.3 Å². The summed E-state index contributed by atoms with van der Waals surface area (Å²) in [6, 6.07) is 9.86. The first kappa shape index (κ1) is 20.2. The molecule has 0 spiro atoms. The number of nitrogens with zero attached hydrogens (tertiary/aromatic N) is 3. The molecule has 0 bridgehead atoms. The van der Waals surface area contributed by atoms with Crippen molar-refractivity contribution < 1.29 is 9.59 Å². The number of aromatic nitrogens is 2. The van der Waals surface area contributed by atoms with Crippen molar-refractivity contribution in [3.8, 4) is 0 Å². The average Bonchev–Trinajstić information content (AvgIpc) is 3.26. The van der Waals surface area contributed by atoms with Gasteiger partial charge in [0.05, 0.1) is 29.0 Å². The molecule has 1 aliphatic carbocycles. The number of rotatable bonds is 4. The number of nitrogens with one attached hydrogen (secondary N) is 1. The third-order valence-corrected chi connectivity index (χ3v) is 7.63. The molecular formula is C24H28N4O2S. The monoisotopic (exact) mass is 436 g/mol. The minimum atomic E-state index is -0.984. The molecule has 0 saturated heterocycles. The lowest BCUT2D eigenvalue weighted by atomic mass is 9.93. The lowest BCUT2D eigenvalue weighted by Gasteiger charge is -2.44. The molecule has 3 aromatic heterocycles. The van der Waals surface area contributed by atoms with E-state index in [-0.39, 0.29) is 17.9 Å². The second-order valence-electron chi connectivity index (χ2n) is 8.93. The summed E-state index contributed by atoms with van der Waals surface area (Å²) in [6.07, 6.45) is 8.52. The van der Waals surface area contributed by atoms with Gasteiger partial charge in [-0.2, -0.15) is 0 Å². The summed E-state index contributed by atoms with van der Waals surface area (Å²) in [5.41, 5.74) is 1.48. The Morgan fingerprint density at radius 2 is 2.03 bits per heavy atom. The molecule has 0 aromatic carbocycles. The van der Waals surface area contributed by atoms with E-state index in [0.29, 0.717) is 18.8 Å². The smallest absolute Gasteiger partial charge is 0.271 e. The van der Waals surface area contributed by atoms with Crippen molar-refractivity contribution in [2.45, 2.75) is 70.1 Å². The van der Waals surface area contributed by atoms with Crippen molar-refractivity contribution in [3.63, 3.8) is 0 Å². The molecule has 31 heavy (non-hydrogen) atoms. The van der Waals surface area contributed by atoms with Gasteiger partial charge in [0.25, 0.3) is 5.91 Å². The Kier molecular flexibility index (Phi) is 5.30. The predicted octanol–water partition coefficient (Wildman–Crippen LogP) is 4.35. The van der Waals surface area contributed by atoms with Crippen LogP contribution in [0.2, 0.25) is 0 Å². The van der Waals surface area contributed by atoms with Gasteiger partial charge in [0, 0.05) is 12.2 Å². The van der Waals surface area contributed by atoms with Gasteiger partial charge in [-0.05, 0) is 49.4 Å². The van der Waals surface area contributed by atoms with Crippen LogP contribution in [0.15, 0.2) is 41.9 Å². The van der Waals surface area contributed by atoms with Crippen molar-refractivity contribution in [1.82, 2.24) is 19.8 Å². The van der Waals surface area contributed by atoms with Crippen LogP contribution in [0, 0.1) is 0 Å². The van der Waals surface area contributed by atoms with E-state index in [1.807, 2.05) is 47.2 Å². The van der Waals surface area contributed by atoms with Crippen LogP contribution >= 0.6 is 11.3 Å². The third-order valence-electron chi connectivity index (χ3n) is 6.77. The SMILES string of the molecule is C[C@@]1(C(=O)NC2CCCCCC2)Cn2c(cc3sccc32)C(=O)N1Cc1ccccn1. The van der Waals surface area contributed by atoms with Crippen LogP contribution in [0.3, 0.4) is 0 Å². The van der Waals surface area contributed by atoms with Gasteiger partial charge >= 0.3 is 0 Å². The summed E-state index contributed by atoms with van der Waals surface area (Å²) in [5.74, 6) is -0.176. The van der Waals surface area contributed by atoms with Gasteiger partial charge < -0.3 is 14.8 Å². The molecule has 0 radical (unpaired) electrons. The van der Waals surface area contributed by atoms with E-state index in [9.17, 15) is 9.59 Å². The number of fused-ring (bicyclic) bond motifs is 3. The molecule has 3 aromatic rings. The maximum atomic E-state index is 13.7. The summed E-state index contributed by atoms with van der Waals surface area (Å²) in [4.78, 5) is 33.5. The standard InChI is InChI=1S/C24H28N4O2S/c1-24(23(30)26-17-8-4-2-3-5-9-17)16-27-19-11-13-31-21(19)14-20(27)22(29)28(24)15-18-10-6-7-12-25-18/h6-7,10-14,17H,2-5,8-9,15-16H2,1H3,(H,26,30)/t24-/m0/s1. The van der Waals surface area contributed by atoms with Crippen LogP contribution in [0.5, 0.6) is 0 Å². The van der Waals surface area contributed by atoms with Crippen LogP contribution in [0.1, 0.15) is 61.6 Å². The fraction of sp³-hybridized carbons (Fsp3) is 0.458. The predicted molar refractivity (Wildman–Crippen MR) is 122 cm³/mol. The zero-order valence-corrected chi connectivity index (χ0v) is 18.7. The van der Waals surface area contributed by atoms with Crippen LogP contribution in [-0.4, -0.2) is 37.8 Å². The Hall–Kier alpha value is -2.67. The molecule has 0 unspecified atom stereocenters. The van der Waals surface area contributed by atoms with Crippen molar-refractivity contribution >= 4 is 33.4 Å². The van der Waals surface area contributed by atoms with Gasteiger partial charge in [0.1, 0.15) is 11.2 Å². The first-order chi connectivity index (χ1) is 15.1. The quantitative estimate of drug-likeness (QED) is 0.618. The molecule has 1 N–H and O–H groups in total. The number of pyridine rings is 1. The lowest BCUT2D eigenvalue weighted by Crippen LogP contribution is -2.64. The van der Waals surface area contributed by atoms with E-state index in [2.05, 4.69) is 10.3 Å².